The Kier molecular flexibility index (Phi) is 4.07. The highest BCUT2D eigenvalue weighted by Gasteiger charge is 2.39. The molecule has 1 aliphatic carbocycles. The molecule has 2 aromatic heterocycles. The van der Waals surface area contributed by atoms with Crippen molar-refractivity contribution in [3.05, 3.63) is 95.5 Å². The van der Waals surface area contributed by atoms with Crippen LogP contribution < -0.4 is 5.73 Å². The number of benzene rings is 2. The number of fused-ring (bicyclic) bond motifs is 1. The minimum Gasteiger partial charge on any atom is -0.330 e. The van der Waals surface area contributed by atoms with Crippen LogP contribution in [0.4, 0.5) is 4.39 Å². The largest absolute Gasteiger partial charge is 0.330 e. The summed E-state index contributed by atoms with van der Waals surface area (Å²) in [6, 6.07) is 19.5. The molecule has 0 saturated heterocycles. The Hall–Kier alpha value is -2.89. The quantitative estimate of drug-likeness (QED) is 0.498. The molecule has 0 atom stereocenters. The lowest BCUT2D eigenvalue weighted by Gasteiger charge is -2.15. The van der Waals surface area contributed by atoms with Gasteiger partial charge in [-0.05, 0) is 48.4 Å². The van der Waals surface area contributed by atoms with E-state index in [2.05, 4.69) is 29.3 Å². The SMILES string of the molecule is NCCc1ccc(-c2nc3ccc(C4(c5ccccc5)C=C4)nc3s2)c(F)c1. The van der Waals surface area contributed by atoms with E-state index in [1.807, 2.05) is 36.4 Å². The van der Waals surface area contributed by atoms with Gasteiger partial charge in [0.05, 0.1) is 11.1 Å². The Morgan fingerprint density at radius 1 is 0.964 bits per heavy atom. The number of nitrogens with zero attached hydrogens (tertiary/aromatic N) is 2. The molecule has 28 heavy (non-hydrogen) atoms. The Labute approximate surface area is 166 Å². The van der Waals surface area contributed by atoms with Crippen molar-refractivity contribution in [2.24, 2.45) is 5.73 Å². The number of aromatic nitrogens is 2. The van der Waals surface area contributed by atoms with E-state index in [1.165, 1.54) is 16.9 Å². The minimum atomic E-state index is -0.269. The summed E-state index contributed by atoms with van der Waals surface area (Å²) in [5.74, 6) is -0.269. The molecule has 0 amide bonds. The number of thiazole rings is 1. The van der Waals surface area contributed by atoms with Crippen molar-refractivity contribution in [2.45, 2.75) is 11.8 Å². The zero-order valence-corrected chi connectivity index (χ0v) is 15.9. The van der Waals surface area contributed by atoms with Crippen molar-refractivity contribution >= 4 is 21.7 Å². The number of pyridine rings is 1. The van der Waals surface area contributed by atoms with Gasteiger partial charge >= 0.3 is 0 Å². The van der Waals surface area contributed by atoms with Crippen LogP contribution in [0.5, 0.6) is 0 Å². The van der Waals surface area contributed by atoms with Crippen molar-refractivity contribution < 1.29 is 4.39 Å². The first-order chi connectivity index (χ1) is 13.7. The summed E-state index contributed by atoms with van der Waals surface area (Å²) in [4.78, 5) is 10.3. The molecule has 2 N–H and O–H groups in total. The van der Waals surface area contributed by atoms with E-state index in [1.54, 1.807) is 12.1 Å². The van der Waals surface area contributed by atoms with Gasteiger partial charge in [-0.25, -0.2) is 14.4 Å². The molecular weight excluding hydrogens is 369 g/mol. The first kappa shape index (κ1) is 17.2. The Balaban J connectivity index is 1.53. The molecule has 2 heterocycles. The fourth-order valence-electron chi connectivity index (χ4n) is 3.53. The van der Waals surface area contributed by atoms with Gasteiger partial charge in [-0.1, -0.05) is 59.9 Å². The highest BCUT2D eigenvalue weighted by atomic mass is 32.1. The third-order valence-corrected chi connectivity index (χ3v) is 6.13. The van der Waals surface area contributed by atoms with Crippen LogP contribution in [0, 0.1) is 5.82 Å². The first-order valence-electron chi connectivity index (χ1n) is 9.22. The van der Waals surface area contributed by atoms with Gasteiger partial charge in [-0.2, -0.15) is 0 Å². The van der Waals surface area contributed by atoms with E-state index >= 15 is 0 Å². The predicted octanol–water partition coefficient (Wildman–Crippen LogP) is 4.85. The monoisotopic (exact) mass is 387 g/mol. The smallest absolute Gasteiger partial charge is 0.144 e. The molecule has 138 valence electrons. The van der Waals surface area contributed by atoms with Gasteiger partial charge in [0.25, 0.3) is 0 Å². The zero-order chi connectivity index (χ0) is 19.1. The molecule has 3 nitrogen and oxygen atoms in total. The lowest BCUT2D eigenvalue weighted by molar-refractivity contribution is 0.629. The van der Waals surface area contributed by atoms with Crippen molar-refractivity contribution in [2.75, 3.05) is 6.54 Å². The normalized spacial score (nSPS) is 14.5. The molecular formula is C23H18FN3S. The summed E-state index contributed by atoms with van der Waals surface area (Å²) < 4.78 is 14.6. The van der Waals surface area contributed by atoms with Crippen molar-refractivity contribution in [3.63, 3.8) is 0 Å². The zero-order valence-electron chi connectivity index (χ0n) is 15.1. The standard InChI is InChI=1S/C23H18FN3S/c24-18-14-15(10-13-25)6-7-17(18)21-26-19-8-9-20(27-22(19)28-21)23(11-12-23)16-4-2-1-3-5-16/h1-9,11-12,14H,10,13,25H2. The van der Waals surface area contributed by atoms with E-state index < -0.39 is 0 Å². The Bertz CT molecular complexity index is 1190. The van der Waals surface area contributed by atoms with E-state index in [0.717, 1.165) is 21.6 Å². The van der Waals surface area contributed by atoms with Crippen molar-refractivity contribution in [3.8, 4) is 10.6 Å². The van der Waals surface area contributed by atoms with Gasteiger partial charge in [0.1, 0.15) is 21.2 Å². The van der Waals surface area contributed by atoms with Crippen LogP contribution in [-0.4, -0.2) is 16.5 Å². The summed E-state index contributed by atoms with van der Waals surface area (Å²) >= 11 is 1.42. The lowest BCUT2D eigenvalue weighted by atomic mass is 9.89. The third kappa shape index (κ3) is 2.84. The number of nitrogens with two attached hydrogens (primary N) is 1. The fourth-order valence-corrected chi connectivity index (χ4v) is 4.49. The van der Waals surface area contributed by atoms with Crippen LogP contribution in [0.3, 0.4) is 0 Å². The highest BCUT2D eigenvalue weighted by Crippen LogP contribution is 2.45. The second kappa shape index (κ2) is 6.62. The second-order valence-corrected chi connectivity index (χ2v) is 7.94. The third-order valence-electron chi connectivity index (χ3n) is 5.13. The fraction of sp³-hybridized carbons (Fsp3) is 0.130. The average molecular weight is 387 g/mol. The number of hydrogen-bond acceptors (Lipinski definition) is 4. The maximum Gasteiger partial charge on any atom is 0.144 e. The van der Waals surface area contributed by atoms with Gasteiger partial charge in [-0.15, -0.1) is 0 Å². The molecule has 0 fully saturated rings. The van der Waals surface area contributed by atoms with Crippen LogP contribution in [0.2, 0.25) is 0 Å². The molecule has 0 aliphatic heterocycles. The van der Waals surface area contributed by atoms with E-state index in [0.29, 0.717) is 23.5 Å². The molecule has 0 unspecified atom stereocenters. The lowest BCUT2D eigenvalue weighted by Crippen LogP contribution is -2.12. The Morgan fingerprint density at radius 2 is 1.79 bits per heavy atom. The second-order valence-electron chi connectivity index (χ2n) is 6.96. The summed E-state index contributed by atoms with van der Waals surface area (Å²) in [6.45, 7) is 0.504. The molecule has 4 aromatic rings. The average Bonchev–Trinajstić information content (AvgIpc) is 3.42. The predicted molar refractivity (Wildman–Crippen MR) is 112 cm³/mol. The first-order valence-corrected chi connectivity index (χ1v) is 10.0. The van der Waals surface area contributed by atoms with Crippen LogP contribution in [0.25, 0.3) is 20.9 Å². The highest BCUT2D eigenvalue weighted by molar-refractivity contribution is 7.21. The van der Waals surface area contributed by atoms with E-state index in [4.69, 9.17) is 10.7 Å². The van der Waals surface area contributed by atoms with E-state index in [-0.39, 0.29) is 11.2 Å². The van der Waals surface area contributed by atoms with Crippen LogP contribution in [0.1, 0.15) is 16.8 Å². The molecule has 0 spiro atoms. The van der Waals surface area contributed by atoms with Gasteiger partial charge in [0, 0.05) is 5.56 Å². The minimum absolute atomic E-state index is 0.227. The molecule has 0 bridgehead atoms. The number of allylic oxidation sites excluding steroid dienone is 2. The molecule has 0 saturated carbocycles. The maximum absolute atomic E-state index is 14.6. The summed E-state index contributed by atoms with van der Waals surface area (Å²) in [6.07, 6.45) is 4.99. The molecule has 5 rings (SSSR count). The molecule has 0 radical (unpaired) electrons. The Morgan fingerprint density at radius 3 is 2.50 bits per heavy atom. The number of rotatable bonds is 5. The number of hydrogen-bond donors (Lipinski definition) is 1. The van der Waals surface area contributed by atoms with Crippen LogP contribution >= 0.6 is 11.3 Å². The molecule has 5 heteroatoms. The van der Waals surface area contributed by atoms with Crippen molar-refractivity contribution in [1.29, 1.82) is 0 Å². The topological polar surface area (TPSA) is 51.8 Å². The van der Waals surface area contributed by atoms with Gasteiger partial charge in [0.15, 0.2) is 0 Å². The van der Waals surface area contributed by atoms with Crippen LogP contribution in [0.15, 0.2) is 72.8 Å². The van der Waals surface area contributed by atoms with Gasteiger partial charge in [0.2, 0.25) is 0 Å². The van der Waals surface area contributed by atoms with Crippen molar-refractivity contribution in [1.82, 2.24) is 9.97 Å². The van der Waals surface area contributed by atoms with Gasteiger partial charge in [-0.3, -0.25) is 0 Å². The van der Waals surface area contributed by atoms with Crippen LogP contribution in [-0.2, 0) is 11.8 Å². The maximum atomic E-state index is 14.6. The summed E-state index contributed by atoms with van der Waals surface area (Å²) in [7, 11) is 0. The molecule has 2 aromatic carbocycles. The van der Waals surface area contributed by atoms with E-state index in [9.17, 15) is 4.39 Å². The summed E-state index contributed by atoms with van der Waals surface area (Å²) in [5.41, 5.74) is 9.70. The number of halogens is 1. The van der Waals surface area contributed by atoms with Gasteiger partial charge < -0.3 is 5.73 Å². The molecule has 1 aliphatic rings. The summed E-state index contributed by atoms with van der Waals surface area (Å²) in [5, 5.41) is 0.647.